The van der Waals surface area contributed by atoms with E-state index in [1.165, 1.54) is 0 Å². The molecule has 0 saturated heterocycles. The van der Waals surface area contributed by atoms with Crippen LogP contribution in [0.5, 0.6) is 5.75 Å². The molecule has 2 rings (SSSR count). The van der Waals surface area contributed by atoms with E-state index in [2.05, 4.69) is 38.3 Å². The van der Waals surface area contributed by atoms with Crippen LogP contribution < -0.4 is 4.74 Å². The second kappa shape index (κ2) is 7.17. The van der Waals surface area contributed by atoms with Crippen molar-refractivity contribution in [3.8, 4) is 5.75 Å². The lowest BCUT2D eigenvalue weighted by molar-refractivity contribution is 0.320. The standard InChI is InChI=1S/C17H25ClN2O/c1-5-11-21-15-8-6-7-14-17(15)19-16(9-10-18)20(14)13(4)12(2)3/h6-8,12-13H,5,9-11H2,1-4H3. The zero-order valence-electron chi connectivity index (χ0n) is 13.4. The van der Waals surface area contributed by atoms with Gasteiger partial charge in [0.15, 0.2) is 0 Å². The van der Waals surface area contributed by atoms with Gasteiger partial charge in [0.1, 0.15) is 17.1 Å². The fourth-order valence-corrected chi connectivity index (χ4v) is 2.65. The highest BCUT2D eigenvalue weighted by atomic mass is 35.5. The van der Waals surface area contributed by atoms with Gasteiger partial charge in [0.2, 0.25) is 0 Å². The van der Waals surface area contributed by atoms with Crippen molar-refractivity contribution in [1.29, 1.82) is 0 Å². The summed E-state index contributed by atoms with van der Waals surface area (Å²) >= 11 is 5.96. The number of nitrogens with zero attached hydrogens (tertiary/aromatic N) is 2. The number of ether oxygens (including phenoxy) is 1. The van der Waals surface area contributed by atoms with E-state index in [1.54, 1.807) is 0 Å². The van der Waals surface area contributed by atoms with Gasteiger partial charge in [-0.3, -0.25) is 0 Å². The van der Waals surface area contributed by atoms with Gasteiger partial charge in [-0.1, -0.05) is 26.8 Å². The number of imidazole rings is 1. The molecule has 4 heteroatoms. The summed E-state index contributed by atoms with van der Waals surface area (Å²) < 4.78 is 8.17. The minimum atomic E-state index is 0.384. The van der Waals surface area contributed by atoms with Gasteiger partial charge in [0.05, 0.1) is 12.1 Å². The van der Waals surface area contributed by atoms with Crippen molar-refractivity contribution in [3.63, 3.8) is 0 Å². The van der Waals surface area contributed by atoms with Crippen molar-refractivity contribution in [3.05, 3.63) is 24.0 Å². The van der Waals surface area contributed by atoms with E-state index in [4.69, 9.17) is 21.3 Å². The molecular formula is C17H25ClN2O. The van der Waals surface area contributed by atoms with Crippen LogP contribution in [0.3, 0.4) is 0 Å². The van der Waals surface area contributed by atoms with Crippen molar-refractivity contribution < 1.29 is 4.74 Å². The molecule has 3 nitrogen and oxygen atoms in total. The molecule has 1 aromatic carbocycles. The Kier molecular flexibility index (Phi) is 5.51. The Morgan fingerprint density at radius 3 is 2.67 bits per heavy atom. The molecule has 1 atom stereocenters. The summed E-state index contributed by atoms with van der Waals surface area (Å²) in [6.07, 6.45) is 1.77. The SMILES string of the molecule is CCCOc1cccc2c1nc(CCCl)n2C(C)C(C)C. The summed E-state index contributed by atoms with van der Waals surface area (Å²) in [5, 5.41) is 0. The van der Waals surface area contributed by atoms with Crippen LogP contribution in [0.25, 0.3) is 11.0 Å². The van der Waals surface area contributed by atoms with Gasteiger partial charge in [-0.2, -0.15) is 0 Å². The highest BCUT2D eigenvalue weighted by molar-refractivity contribution is 6.17. The Hall–Kier alpha value is -1.22. The van der Waals surface area contributed by atoms with Crippen LogP contribution in [0, 0.1) is 5.92 Å². The van der Waals surface area contributed by atoms with Crippen LogP contribution in [0.15, 0.2) is 18.2 Å². The number of aromatic nitrogens is 2. The zero-order valence-corrected chi connectivity index (χ0v) is 14.2. The van der Waals surface area contributed by atoms with Gasteiger partial charge in [-0.25, -0.2) is 4.98 Å². The molecule has 21 heavy (non-hydrogen) atoms. The third-order valence-corrected chi connectivity index (χ3v) is 4.10. The third kappa shape index (κ3) is 3.34. The zero-order chi connectivity index (χ0) is 15.4. The van der Waals surface area contributed by atoms with E-state index in [0.29, 0.717) is 17.8 Å². The third-order valence-electron chi connectivity index (χ3n) is 3.91. The maximum Gasteiger partial charge on any atom is 0.147 e. The topological polar surface area (TPSA) is 27.1 Å². The Balaban J connectivity index is 2.56. The van der Waals surface area contributed by atoms with Gasteiger partial charge in [-0.05, 0) is 31.4 Å². The minimum absolute atomic E-state index is 0.384. The number of para-hydroxylation sites is 1. The lowest BCUT2D eigenvalue weighted by Crippen LogP contribution is -2.14. The molecule has 0 radical (unpaired) electrons. The summed E-state index contributed by atoms with van der Waals surface area (Å²) in [7, 11) is 0. The van der Waals surface area contributed by atoms with Crippen LogP contribution in [0.1, 0.15) is 46.0 Å². The normalized spacial score (nSPS) is 13.0. The fourth-order valence-electron chi connectivity index (χ4n) is 2.48. The first-order valence-electron chi connectivity index (χ1n) is 7.78. The van der Waals surface area contributed by atoms with Crippen molar-refractivity contribution in [2.45, 2.75) is 46.6 Å². The number of aryl methyl sites for hydroxylation is 1. The van der Waals surface area contributed by atoms with Gasteiger partial charge >= 0.3 is 0 Å². The quantitative estimate of drug-likeness (QED) is 0.685. The number of halogens is 1. The maximum atomic E-state index is 5.96. The summed E-state index contributed by atoms with van der Waals surface area (Å²) in [5.41, 5.74) is 2.10. The summed E-state index contributed by atoms with van der Waals surface area (Å²) in [4.78, 5) is 4.81. The second-order valence-corrected chi connectivity index (χ2v) is 6.17. The molecule has 2 aromatic rings. The second-order valence-electron chi connectivity index (χ2n) is 5.79. The molecule has 116 valence electrons. The monoisotopic (exact) mass is 308 g/mol. The predicted octanol–water partition coefficient (Wildman–Crippen LogP) is 4.82. The maximum absolute atomic E-state index is 5.96. The number of rotatable bonds is 7. The first-order chi connectivity index (χ1) is 10.1. The van der Waals surface area contributed by atoms with Crippen molar-refractivity contribution in [2.75, 3.05) is 12.5 Å². The molecule has 0 aliphatic rings. The summed E-state index contributed by atoms with van der Waals surface area (Å²) in [6.45, 7) is 9.54. The summed E-state index contributed by atoms with van der Waals surface area (Å²) in [5.74, 6) is 3.05. The van der Waals surface area contributed by atoms with Crippen LogP contribution in [0.2, 0.25) is 0 Å². The highest BCUT2D eigenvalue weighted by Crippen LogP contribution is 2.31. The number of fused-ring (bicyclic) bond motifs is 1. The molecule has 1 heterocycles. The predicted molar refractivity (Wildman–Crippen MR) is 89.5 cm³/mol. The number of benzene rings is 1. The number of hydrogen-bond donors (Lipinski definition) is 0. The van der Waals surface area contributed by atoms with Crippen molar-refractivity contribution >= 4 is 22.6 Å². The Morgan fingerprint density at radius 2 is 2.05 bits per heavy atom. The van der Waals surface area contributed by atoms with Crippen LogP contribution in [-0.4, -0.2) is 22.0 Å². The molecule has 0 saturated carbocycles. The molecule has 0 amide bonds. The molecule has 0 aliphatic heterocycles. The van der Waals surface area contributed by atoms with Gasteiger partial charge in [0.25, 0.3) is 0 Å². The first-order valence-corrected chi connectivity index (χ1v) is 8.32. The molecule has 0 aliphatic carbocycles. The Morgan fingerprint density at radius 1 is 1.29 bits per heavy atom. The number of alkyl halides is 1. The molecule has 0 spiro atoms. The van der Waals surface area contributed by atoms with E-state index in [0.717, 1.165) is 42.1 Å². The van der Waals surface area contributed by atoms with Gasteiger partial charge in [-0.15, -0.1) is 11.6 Å². The van der Waals surface area contributed by atoms with Crippen LogP contribution in [-0.2, 0) is 6.42 Å². The largest absolute Gasteiger partial charge is 0.491 e. The van der Waals surface area contributed by atoms with E-state index < -0.39 is 0 Å². The van der Waals surface area contributed by atoms with Crippen LogP contribution >= 0.6 is 11.6 Å². The van der Waals surface area contributed by atoms with E-state index in [9.17, 15) is 0 Å². The molecule has 1 unspecified atom stereocenters. The highest BCUT2D eigenvalue weighted by Gasteiger charge is 2.19. The molecule has 0 N–H and O–H groups in total. The lowest BCUT2D eigenvalue weighted by atomic mass is 10.1. The van der Waals surface area contributed by atoms with Crippen molar-refractivity contribution in [2.24, 2.45) is 5.92 Å². The van der Waals surface area contributed by atoms with Crippen LogP contribution in [0.4, 0.5) is 0 Å². The molecule has 1 aromatic heterocycles. The van der Waals surface area contributed by atoms with E-state index >= 15 is 0 Å². The Labute approximate surface area is 132 Å². The Bertz CT molecular complexity index is 592. The first kappa shape index (κ1) is 16.2. The smallest absolute Gasteiger partial charge is 0.147 e. The van der Waals surface area contributed by atoms with Gasteiger partial charge in [0, 0.05) is 18.3 Å². The van der Waals surface area contributed by atoms with E-state index in [-0.39, 0.29) is 0 Å². The molecule has 0 fully saturated rings. The van der Waals surface area contributed by atoms with Crippen molar-refractivity contribution in [1.82, 2.24) is 9.55 Å². The lowest BCUT2D eigenvalue weighted by Gasteiger charge is -2.21. The van der Waals surface area contributed by atoms with E-state index in [1.807, 2.05) is 12.1 Å². The number of hydrogen-bond acceptors (Lipinski definition) is 2. The molecule has 0 bridgehead atoms. The average Bonchev–Trinajstić information content (AvgIpc) is 2.83. The average molecular weight is 309 g/mol. The minimum Gasteiger partial charge on any atom is -0.491 e. The fraction of sp³-hybridized carbons (Fsp3) is 0.588. The summed E-state index contributed by atoms with van der Waals surface area (Å²) in [6, 6.07) is 6.55. The van der Waals surface area contributed by atoms with Gasteiger partial charge < -0.3 is 9.30 Å². The molecular weight excluding hydrogens is 284 g/mol.